The third-order valence-electron chi connectivity index (χ3n) is 6.21. The van der Waals surface area contributed by atoms with Gasteiger partial charge < -0.3 is 19.5 Å². The number of methoxy groups -OCH3 is 1. The molecule has 3 rings (SSSR count). The van der Waals surface area contributed by atoms with Crippen LogP contribution in [-0.4, -0.2) is 78.8 Å². The van der Waals surface area contributed by atoms with Gasteiger partial charge >= 0.3 is 18.1 Å². The summed E-state index contributed by atoms with van der Waals surface area (Å²) < 4.78 is 42.4. The monoisotopic (exact) mass is 488 g/mol. The second-order valence-electron chi connectivity index (χ2n) is 8.46. The number of fused-ring (bicyclic) bond motifs is 1. The van der Waals surface area contributed by atoms with E-state index in [9.17, 15) is 22.8 Å². The molecule has 34 heavy (non-hydrogen) atoms. The Morgan fingerprint density at radius 2 is 1.79 bits per heavy atom. The molecule has 11 heteroatoms. The number of ether oxygens (including phenoxy) is 2. The molecule has 0 aromatic heterocycles. The zero-order valence-electron chi connectivity index (χ0n) is 19.6. The minimum Gasteiger partial charge on any atom is -0.497 e. The van der Waals surface area contributed by atoms with Crippen LogP contribution in [0.25, 0.3) is 0 Å². The Hall–Kier alpha value is -2.82. The van der Waals surface area contributed by atoms with Crippen molar-refractivity contribution in [2.45, 2.75) is 39.4 Å². The smallest absolute Gasteiger partial charge is 0.490 e. The Morgan fingerprint density at radius 1 is 1.18 bits per heavy atom. The molecule has 2 aliphatic heterocycles. The number of esters is 1. The van der Waals surface area contributed by atoms with Crippen LogP contribution in [0.4, 0.5) is 13.2 Å². The van der Waals surface area contributed by atoms with E-state index in [0.717, 1.165) is 38.2 Å². The Balaban J connectivity index is 0.000000509. The molecule has 0 saturated carbocycles. The summed E-state index contributed by atoms with van der Waals surface area (Å²) in [7, 11) is 1.67. The molecule has 1 aromatic rings. The van der Waals surface area contributed by atoms with Crippen LogP contribution in [0.1, 0.15) is 32.3 Å². The highest BCUT2D eigenvalue weighted by Crippen LogP contribution is 2.44. The van der Waals surface area contributed by atoms with Gasteiger partial charge in [0, 0.05) is 39.0 Å². The summed E-state index contributed by atoms with van der Waals surface area (Å²) >= 11 is 0. The van der Waals surface area contributed by atoms with Crippen molar-refractivity contribution in [3.8, 4) is 5.75 Å². The number of carbonyl (C=O) groups excluding carboxylic acids is 2. The van der Waals surface area contributed by atoms with Crippen LogP contribution in [0.2, 0.25) is 0 Å². The number of benzene rings is 1. The molecule has 0 unspecified atom stereocenters. The zero-order chi connectivity index (χ0) is 25.5. The number of rotatable bonds is 5. The number of nitrogens with zero attached hydrogens (tertiary/aromatic N) is 2. The van der Waals surface area contributed by atoms with Crippen LogP contribution >= 0.6 is 0 Å². The maximum Gasteiger partial charge on any atom is 0.490 e. The first-order valence-corrected chi connectivity index (χ1v) is 11.0. The summed E-state index contributed by atoms with van der Waals surface area (Å²) in [5.41, 5.74) is 0.664. The minimum atomic E-state index is -5.08. The zero-order valence-corrected chi connectivity index (χ0v) is 19.6. The minimum absolute atomic E-state index is 0.0356. The standard InChI is InChI=1S/C21H30N2O4.C2HF3O2/c1-4-27-20(25)21-10-5-11-22(12-17-6-8-19(26-3)9-7-17)13-18(21)14-23(15-21)16(2)24;3-2(4,5)1(6)7/h6-9,18H,4-5,10-15H2,1-3H3;(H,6,7)/t18-,21-;/m0./s1. The third kappa shape index (κ3) is 6.85. The van der Waals surface area contributed by atoms with Crippen molar-refractivity contribution in [2.24, 2.45) is 11.3 Å². The number of carboxylic acids is 1. The van der Waals surface area contributed by atoms with Gasteiger partial charge in [0.05, 0.1) is 19.1 Å². The van der Waals surface area contributed by atoms with Crippen molar-refractivity contribution in [2.75, 3.05) is 39.9 Å². The van der Waals surface area contributed by atoms with E-state index >= 15 is 0 Å². The summed E-state index contributed by atoms with van der Waals surface area (Å²) in [6.45, 7) is 7.50. The lowest BCUT2D eigenvalue weighted by atomic mass is 9.75. The molecule has 8 nitrogen and oxygen atoms in total. The average Bonchev–Trinajstić information content (AvgIpc) is 3.05. The molecule has 2 fully saturated rings. The van der Waals surface area contributed by atoms with Crippen LogP contribution in [0.15, 0.2) is 24.3 Å². The molecule has 2 saturated heterocycles. The average molecular weight is 489 g/mol. The van der Waals surface area contributed by atoms with Gasteiger partial charge in [-0.15, -0.1) is 0 Å². The lowest BCUT2D eigenvalue weighted by molar-refractivity contribution is -0.192. The first kappa shape index (κ1) is 27.4. The Bertz CT molecular complexity index is 861. The molecule has 2 heterocycles. The van der Waals surface area contributed by atoms with Gasteiger partial charge in [-0.25, -0.2) is 4.79 Å². The van der Waals surface area contributed by atoms with Crippen molar-refractivity contribution in [1.29, 1.82) is 0 Å². The highest BCUT2D eigenvalue weighted by atomic mass is 19.4. The quantitative estimate of drug-likeness (QED) is 0.637. The first-order valence-electron chi connectivity index (χ1n) is 11.0. The Labute approximate surface area is 196 Å². The summed E-state index contributed by atoms with van der Waals surface area (Å²) in [5, 5.41) is 7.12. The van der Waals surface area contributed by atoms with E-state index in [1.54, 1.807) is 14.0 Å². The SMILES string of the molecule is CCOC(=O)[C@]12CCCN(Cc3ccc(OC)cc3)C[C@H]1CN(C(C)=O)C2.O=C(O)C(F)(F)F. The first-order chi connectivity index (χ1) is 15.9. The third-order valence-corrected chi connectivity index (χ3v) is 6.21. The number of carboxylic acid groups (broad SMARTS) is 1. The van der Waals surface area contributed by atoms with E-state index in [1.165, 1.54) is 5.56 Å². The van der Waals surface area contributed by atoms with Crippen molar-refractivity contribution >= 4 is 17.8 Å². The largest absolute Gasteiger partial charge is 0.497 e. The van der Waals surface area contributed by atoms with Gasteiger partial charge in [0.25, 0.3) is 0 Å². The predicted octanol–water partition coefficient (Wildman–Crippen LogP) is 2.95. The number of carbonyl (C=O) groups is 3. The molecule has 190 valence electrons. The number of aliphatic carboxylic acids is 1. The van der Waals surface area contributed by atoms with Crippen molar-refractivity contribution < 1.29 is 42.1 Å². The van der Waals surface area contributed by atoms with Crippen molar-refractivity contribution in [3.63, 3.8) is 0 Å². The molecule has 1 aromatic carbocycles. The number of hydrogen-bond donors (Lipinski definition) is 1. The summed E-state index contributed by atoms with van der Waals surface area (Å²) in [5.74, 6) is -1.89. The van der Waals surface area contributed by atoms with Gasteiger partial charge in [-0.1, -0.05) is 12.1 Å². The van der Waals surface area contributed by atoms with Crippen LogP contribution in [0.5, 0.6) is 5.75 Å². The second-order valence-corrected chi connectivity index (χ2v) is 8.46. The fraction of sp³-hybridized carbons (Fsp3) is 0.609. The number of amides is 1. The van der Waals surface area contributed by atoms with E-state index in [2.05, 4.69) is 17.0 Å². The van der Waals surface area contributed by atoms with Gasteiger partial charge in [-0.2, -0.15) is 13.2 Å². The summed E-state index contributed by atoms with van der Waals surface area (Å²) in [6, 6.07) is 8.12. The molecular formula is C23H31F3N2O6. The normalized spacial score (nSPS) is 22.6. The predicted molar refractivity (Wildman–Crippen MR) is 116 cm³/mol. The molecule has 0 spiro atoms. The van der Waals surface area contributed by atoms with E-state index in [1.807, 2.05) is 24.0 Å². The molecule has 0 bridgehead atoms. The molecule has 2 atom stereocenters. The van der Waals surface area contributed by atoms with Crippen molar-refractivity contribution in [3.05, 3.63) is 29.8 Å². The van der Waals surface area contributed by atoms with Crippen LogP contribution in [0.3, 0.4) is 0 Å². The van der Waals surface area contributed by atoms with Gasteiger partial charge in [-0.05, 0) is 44.0 Å². The molecule has 0 aliphatic carbocycles. The van der Waals surface area contributed by atoms with Crippen molar-refractivity contribution in [1.82, 2.24) is 9.80 Å². The maximum atomic E-state index is 12.9. The van der Waals surface area contributed by atoms with Gasteiger partial charge in [-0.3, -0.25) is 14.5 Å². The highest BCUT2D eigenvalue weighted by Gasteiger charge is 2.54. The Kier molecular flexibility index (Phi) is 9.31. The van der Waals surface area contributed by atoms with Crippen LogP contribution < -0.4 is 4.74 Å². The molecular weight excluding hydrogens is 457 g/mol. The van der Waals surface area contributed by atoms with Crippen LogP contribution in [0, 0.1) is 11.3 Å². The number of hydrogen-bond acceptors (Lipinski definition) is 6. The lowest BCUT2D eigenvalue weighted by Crippen LogP contribution is -2.42. The van der Waals surface area contributed by atoms with E-state index in [0.29, 0.717) is 19.7 Å². The maximum absolute atomic E-state index is 12.9. The van der Waals surface area contributed by atoms with Crippen LogP contribution in [-0.2, 0) is 25.7 Å². The number of halogens is 3. The second kappa shape index (κ2) is 11.5. The molecule has 0 radical (unpaired) electrons. The number of alkyl halides is 3. The highest BCUT2D eigenvalue weighted by molar-refractivity contribution is 5.81. The summed E-state index contributed by atoms with van der Waals surface area (Å²) in [4.78, 5) is 38.0. The van der Waals surface area contributed by atoms with E-state index < -0.39 is 17.6 Å². The molecule has 1 N–H and O–H groups in total. The van der Waals surface area contributed by atoms with E-state index in [4.69, 9.17) is 19.4 Å². The molecule has 2 aliphatic rings. The van der Waals surface area contributed by atoms with Gasteiger partial charge in [0.1, 0.15) is 5.75 Å². The summed E-state index contributed by atoms with van der Waals surface area (Å²) in [6.07, 6.45) is -3.38. The van der Waals surface area contributed by atoms with Gasteiger partial charge in [0.15, 0.2) is 0 Å². The van der Waals surface area contributed by atoms with Gasteiger partial charge in [0.2, 0.25) is 5.91 Å². The Morgan fingerprint density at radius 3 is 2.29 bits per heavy atom. The topological polar surface area (TPSA) is 96.4 Å². The molecule has 1 amide bonds. The number of likely N-dealkylation sites (tertiary alicyclic amines) is 2. The fourth-order valence-corrected chi connectivity index (χ4v) is 4.49. The lowest BCUT2D eigenvalue weighted by Gasteiger charge is -2.31. The van der Waals surface area contributed by atoms with E-state index in [-0.39, 0.29) is 17.8 Å². The fourth-order valence-electron chi connectivity index (χ4n) is 4.49.